The summed E-state index contributed by atoms with van der Waals surface area (Å²) < 4.78 is 2.13. The number of nitrogens with zero attached hydrogens (tertiary/aromatic N) is 3. The number of thioether (sulfide) groups is 1. The highest BCUT2D eigenvalue weighted by molar-refractivity contribution is 7.99. The molecule has 106 valence electrons. The van der Waals surface area contributed by atoms with Crippen LogP contribution in [0.3, 0.4) is 0 Å². The highest BCUT2D eigenvalue weighted by Gasteiger charge is 2.21. The molecule has 2 heterocycles. The first-order valence-corrected chi connectivity index (χ1v) is 7.87. The number of rotatable bonds is 7. The molecule has 5 nitrogen and oxygen atoms in total. The van der Waals surface area contributed by atoms with E-state index < -0.39 is 5.97 Å². The second-order valence-corrected chi connectivity index (χ2v) is 6.12. The highest BCUT2D eigenvalue weighted by atomic mass is 32.2. The van der Waals surface area contributed by atoms with Crippen molar-refractivity contribution >= 4 is 28.8 Å². The van der Waals surface area contributed by atoms with Gasteiger partial charge in [0.05, 0.1) is 17.5 Å². The Labute approximate surface area is 121 Å². The van der Waals surface area contributed by atoms with Crippen LogP contribution in [0.15, 0.2) is 23.6 Å². The molecular formula is C14H17N3O2S. The molecule has 0 atom stereocenters. The fourth-order valence-corrected chi connectivity index (χ4v) is 3.12. The third-order valence-corrected chi connectivity index (χ3v) is 4.49. The Kier molecular flexibility index (Phi) is 3.91. The second-order valence-electron chi connectivity index (χ2n) is 5.18. The number of fused-ring (bicyclic) bond motifs is 1. The molecule has 0 saturated heterocycles. The van der Waals surface area contributed by atoms with E-state index in [9.17, 15) is 4.79 Å². The normalized spacial score (nSPS) is 14.8. The summed E-state index contributed by atoms with van der Waals surface area (Å²) in [6.45, 7) is 0.902. The van der Waals surface area contributed by atoms with E-state index in [1.54, 1.807) is 12.4 Å². The predicted octanol–water partition coefficient (Wildman–Crippen LogP) is 2.80. The molecule has 0 aromatic carbocycles. The molecule has 3 rings (SSSR count). The molecule has 2 aromatic heterocycles. The van der Waals surface area contributed by atoms with Gasteiger partial charge < -0.3 is 9.67 Å². The van der Waals surface area contributed by atoms with Crippen LogP contribution in [-0.4, -0.2) is 31.4 Å². The molecule has 0 amide bonds. The van der Waals surface area contributed by atoms with E-state index in [-0.39, 0.29) is 5.75 Å². The Balaban J connectivity index is 1.79. The Morgan fingerprint density at radius 2 is 2.35 bits per heavy atom. The van der Waals surface area contributed by atoms with E-state index in [1.165, 1.54) is 31.0 Å². The smallest absolute Gasteiger partial charge is 0.313 e. The van der Waals surface area contributed by atoms with E-state index >= 15 is 0 Å². The minimum absolute atomic E-state index is 0.0410. The van der Waals surface area contributed by atoms with Gasteiger partial charge in [-0.05, 0) is 24.8 Å². The number of aromatic nitrogens is 3. The van der Waals surface area contributed by atoms with Gasteiger partial charge in [0, 0.05) is 12.7 Å². The molecule has 1 aliphatic rings. The first kappa shape index (κ1) is 13.4. The van der Waals surface area contributed by atoms with Gasteiger partial charge in [0.2, 0.25) is 0 Å². The van der Waals surface area contributed by atoms with Crippen LogP contribution in [0.1, 0.15) is 25.7 Å². The van der Waals surface area contributed by atoms with Gasteiger partial charge in [-0.15, -0.1) is 0 Å². The molecule has 1 N–H and O–H groups in total. The Bertz CT molecular complexity index is 622. The summed E-state index contributed by atoms with van der Waals surface area (Å²) in [4.78, 5) is 19.3. The number of aryl methyl sites for hydroxylation is 1. The molecule has 6 heteroatoms. The van der Waals surface area contributed by atoms with Gasteiger partial charge in [0.1, 0.15) is 5.52 Å². The van der Waals surface area contributed by atoms with Crippen molar-refractivity contribution in [3.8, 4) is 0 Å². The van der Waals surface area contributed by atoms with Crippen LogP contribution < -0.4 is 0 Å². The topological polar surface area (TPSA) is 68.0 Å². The zero-order chi connectivity index (χ0) is 13.9. The van der Waals surface area contributed by atoms with Gasteiger partial charge >= 0.3 is 5.97 Å². The lowest BCUT2D eigenvalue weighted by molar-refractivity contribution is -0.133. The number of carboxylic acids is 1. The van der Waals surface area contributed by atoms with E-state index in [4.69, 9.17) is 5.11 Å². The number of aliphatic carboxylic acids is 1. The number of hydrogen-bond acceptors (Lipinski definition) is 4. The van der Waals surface area contributed by atoms with Crippen LogP contribution >= 0.6 is 11.8 Å². The molecule has 0 spiro atoms. The average Bonchev–Trinajstić information content (AvgIpc) is 3.18. The summed E-state index contributed by atoms with van der Waals surface area (Å²) in [7, 11) is 0. The zero-order valence-electron chi connectivity index (χ0n) is 11.2. The fraction of sp³-hybridized carbons (Fsp3) is 0.500. The van der Waals surface area contributed by atoms with Crippen LogP contribution in [0.25, 0.3) is 11.0 Å². The molecule has 0 aliphatic heterocycles. The van der Waals surface area contributed by atoms with Crippen molar-refractivity contribution in [2.24, 2.45) is 5.92 Å². The Hall–Kier alpha value is -1.56. The lowest BCUT2D eigenvalue weighted by Crippen LogP contribution is -2.04. The maximum atomic E-state index is 10.7. The van der Waals surface area contributed by atoms with Crippen molar-refractivity contribution < 1.29 is 9.90 Å². The van der Waals surface area contributed by atoms with Gasteiger partial charge in [-0.3, -0.25) is 9.78 Å². The molecule has 20 heavy (non-hydrogen) atoms. The van der Waals surface area contributed by atoms with Gasteiger partial charge in [0.25, 0.3) is 0 Å². The first-order valence-electron chi connectivity index (χ1n) is 6.89. The van der Waals surface area contributed by atoms with Crippen molar-refractivity contribution in [2.75, 3.05) is 5.75 Å². The van der Waals surface area contributed by atoms with E-state index in [0.717, 1.165) is 35.1 Å². The summed E-state index contributed by atoms with van der Waals surface area (Å²) in [5, 5.41) is 9.61. The van der Waals surface area contributed by atoms with Crippen LogP contribution in [0.5, 0.6) is 0 Å². The standard InChI is InChI=1S/C14H17N3O2S/c18-13(19)9-20-14-16-11-8-15-6-5-12(11)17(14)7-1-2-10-3-4-10/h5-6,8,10H,1-4,7,9H2,(H,18,19). The third kappa shape index (κ3) is 3.12. The minimum Gasteiger partial charge on any atom is -0.481 e. The second kappa shape index (κ2) is 5.83. The van der Waals surface area contributed by atoms with E-state index in [0.29, 0.717) is 0 Å². The first-order chi connectivity index (χ1) is 9.74. The number of hydrogen-bond donors (Lipinski definition) is 1. The zero-order valence-corrected chi connectivity index (χ0v) is 12.0. The molecule has 2 aromatic rings. The molecule has 0 radical (unpaired) electrons. The highest BCUT2D eigenvalue weighted by Crippen LogP contribution is 2.34. The van der Waals surface area contributed by atoms with Crippen molar-refractivity contribution in [3.63, 3.8) is 0 Å². The largest absolute Gasteiger partial charge is 0.481 e. The fourth-order valence-electron chi connectivity index (χ4n) is 2.36. The summed E-state index contributed by atoms with van der Waals surface area (Å²) >= 11 is 1.28. The number of carboxylic acid groups (broad SMARTS) is 1. The molecule has 0 bridgehead atoms. The van der Waals surface area contributed by atoms with Gasteiger partial charge in [-0.1, -0.05) is 24.6 Å². The third-order valence-electron chi connectivity index (χ3n) is 3.53. The van der Waals surface area contributed by atoms with Crippen molar-refractivity contribution in [1.82, 2.24) is 14.5 Å². The van der Waals surface area contributed by atoms with E-state index in [2.05, 4.69) is 14.5 Å². The van der Waals surface area contributed by atoms with Crippen LogP contribution in [-0.2, 0) is 11.3 Å². The van der Waals surface area contributed by atoms with Crippen molar-refractivity contribution in [1.29, 1.82) is 0 Å². The summed E-state index contributed by atoms with van der Waals surface area (Å²) in [6.07, 6.45) is 8.61. The minimum atomic E-state index is -0.815. The molecule has 0 unspecified atom stereocenters. The van der Waals surface area contributed by atoms with E-state index in [1.807, 2.05) is 6.07 Å². The lowest BCUT2D eigenvalue weighted by Gasteiger charge is -2.07. The summed E-state index contributed by atoms with van der Waals surface area (Å²) in [5.74, 6) is 0.144. The quantitative estimate of drug-likeness (QED) is 0.794. The number of imidazole rings is 1. The van der Waals surface area contributed by atoms with Crippen LogP contribution in [0.2, 0.25) is 0 Å². The lowest BCUT2D eigenvalue weighted by atomic mass is 10.2. The maximum Gasteiger partial charge on any atom is 0.313 e. The maximum absolute atomic E-state index is 10.7. The summed E-state index contributed by atoms with van der Waals surface area (Å²) in [5.41, 5.74) is 1.88. The summed E-state index contributed by atoms with van der Waals surface area (Å²) in [6, 6.07) is 1.95. The van der Waals surface area contributed by atoms with Gasteiger partial charge in [-0.2, -0.15) is 0 Å². The Morgan fingerprint density at radius 1 is 1.50 bits per heavy atom. The SMILES string of the molecule is O=C(O)CSc1nc2cnccc2n1CCCC1CC1. The molecular weight excluding hydrogens is 274 g/mol. The van der Waals surface area contributed by atoms with Gasteiger partial charge in [0.15, 0.2) is 5.16 Å². The van der Waals surface area contributed by atoms with Crippen molar-refractivity contribution in [3.05, 3.63) is 18.5 Å². The van der Waals surface area contributed by atoms with Crippen LogP contribution in [0.4, 0.5) is 0 Å². The molecule has 1 aliphatic carbocycles. The monoisotopic (exact) mass is 291 g/mol. The number of carbonyl (C=O) groups is 1. The molecule has 1 saturated carbocycles. The average molecular weight is 291 g/mol. The van der Waals surface area contributed by atoms with Crippen LogP contribution in [0, 0.1) is 5.92 Å². The van der Waals surface area contributed by atoms with Crippen molar-refractivity contribution in [2.45, 2.75) is 37.4 Å². The predicted molar refractivity (Wildman–Crippen MR) is 77.8 cm³/mol. The Morgan fingerprint density at radius 3 is 3.10 bits per heavy atom. The molecule has 1 fully saturated rings. The number of pyridine rings is 1. The van der Waals surface area contributed by atoms with Gasteiger partial charge in [-0.25, -0.2) is 4.98 Å².